The molecule has 0 radical (unpaired) electrons. The number of nitrogens with zero attached hydrogens (tertiary/aromatic N) is 1. The van der Waals surface area contributed by atoms with E-state index >= 15 is 0 Å². The van der Waals surface area contributed by atoms with Crippen molar-refractivity contribution in [2.24, 2.45) is 5.92 Å². The molecule has 1 atom stereocenters. The van der Waals surface area contributed by atoms with Crippen molar-refractivity contribution in [3.05, 3.63) is 35.4 Å². The molecule has 0 aromatic heterocycles. The van der Waals surface area contributed by atoms with Gasteiger partial charge in [0.15, 0.2) is 0 Å². The fourth-order valence-electron chi connectivity index (χ4n) is 3.34. The molecule has 3 N–H and O–H groups in total. The highest BCUT2D eigenvalue weighted by Gasteiger charge is 2.48. The summed E-state index contributed by atoms with van der Waals surface area (Å²) in [5, 5.41) is 14.8. The number of piperidine rings is 1. The summed E-state index contributed by atoms with van der Waals surface area (Å²) in [6.45, 7) is 3.27. The molecule has 176 valence electrons. The van der Waals surface area contributed by atoms with Crippen LogP contribution in [0.4, 0.5) is 26.3 Å². The van der Waals surface area contributed by atoms with Crippen LogP contribution in [0.15, 0.2) is 24.3 Å². The summed E-state index contributed by atoms with van der Waals surface area (Å²) >= 11 is 0. The lowest BCUT2D eigenvalue weighted by molar-refractivity contribution is -0.195. The minimum absolute atomic E-state index is 0.0306. The van der Waals surface area contributed by atoms with E-state index in [-0.39, 0.29) is 24.6 Å². The van der Waals surface area contributed by atoms with Crippen molar-refractivity contribution in [1.29, 1.82) is 0 Å². The Balaban J connectivity index is 1.77. The number of benzene rings is 1. The number of rotatable bonds is 7. The third-order valence-electron chi connectivity index (χ3n) is 5.38. The van der Waals surface area contributed by atoms with Crippen molar-refractivity contribution in [3.63, 3.8) is 0 Å². The normalized spacial score (nSPS) is 18.1. The Morgan fingerprint density at radius 1 is 1.16 bits per heavy atom. The summed E-state index contributed by atoms with van der Waals surface area (Å²) in [4.78, 5) is 14.0. The first-order valence-corrected chi connectivity index (χ1v) is 9.89. The van der Waals surface area contributed by atoms with Gasteiger partial charge in [0.2, 0.25) is 0 Å². The summed E-state index contributed by atoms with van der Waals surface area (Å²) in [6.07, 6.45) is -9.11. The monoisotopic (exact) mass is 455 g/mol. The van der Waals surface area contributed by atoms with E-state index in [1.807, 2.05) is 4.90 Å². The van der Waals surface area contributed by atoms with E-state index < -0.39 is 35.6 Å². The third kappa shape index (κ3) is 7.36. The van der Waals surface area contributed by atoms with Gasteiger partial charge in [-0.25, -0.2) is 0 Å². The zero-order valence-electron chi connectivity index (χ0n) is 17.3. The molecule has 0 spiro atoms. The predicted octanol–water partition coefficient (Wildman–Crippen LogP) is 3.40. The first-order chi connectivity index (χ1) is 14.2. The maximum absolute atomic E-state index is 12.9. The Morgan fingerprint density at radius 3 is 2.32 bits per heavy atom. The highest BCUT2D eigenvalue weighted by atomic mass is 19.4. The zero-order chi connectivity index (χ0) is 23.4. The van der Waals surface area contributed by atoms with Crippen LogP contribution in [-0.2, 0) is 6.18 Å². The number of hydrogen-bond donors (Lipinski definition) is 3. The zero-order valence-corrected chi connectivity index (χ0v) is 17.3. The van der Waals surface area contributed by atoms with Gasteiger partial charge >= 0.3 is 12.4 Å². The Hall–Kier alpha value is -1.85. The molecule has 1 saturated heterocycles. The fourth-order valence-corrected chi connectivity index (χ4v) is 3.34. The van der Waals surface area contributed by atoms with E-state index in [1.54, 1.807) is 0 Å². The van der Waals surface area contributed by atoms with Gasteiger partial charge in [0.05, 0.1) is 5.56 Å². The molecule has 1 aliphatic rings. The topological polar surface area (TPSA) is 64.6 Å². The Bertz CT molecular complexity index is 743. The molecule has 1 unspecified atom stereocenters. The number of halogens is 6. The largest absolute Gasteiger partial charge is 0.416 e. The molecule has 1 heterocycles. The molecule has 0 bridgehead atoms. The lowest BCUT2D eigenvalue weighted by atomic mass is 9.96. The third-order valence-corrected chi connectivity index (χ3v) is 5.38. The van der Waals surface area contributed by atoms with Gasteiger partial charge in [-0.2, -0.15) is 26.3 Å². The Morgan fingerprint density at radius 2 is 1.77 bits per heavy atom. The number of aliphatic hydroxyl groups is 1. The van der Waals surface area contributed by atoms with Crippen molar-refractivity contribution >= 4 is 5.91 Å². The Kier molecular flexibility index (Phi) is 7.99. The maximum Gasteiger partial charge on any atom is 0.416 e. The molecular weight excluding hydrogens is 428 g/mol. The van der Waals surface area contributed by atoms with E-state index in [1.165, 1.54) is 12.1 Å². The van der Waals surface area contributed by atoms with Crippen LogP contribution in [0.25, 0.3) is 0 Å². The number of β-amino-alcohol motifs (C(OH)–C–C–N with tert-alkyl or cyclic N) is 1. The van der Waals surface area contributed by atoms with E-state index in [0.29, 0.717) is 25.9 Å². The van der Waals surface area contributed by atoms with E-state index in [9.17, 15) is 36.2 Å². The second-order valence-electron chi connectivity index (χ2n) is 8.32. The number of hydrogen-bond acceptors (Lipinski definition) is 4. The van der Waals surface area contributed by atoms with Crippen LogP contribution in [0, 0.1) is 5.92 Å². The fraction of sp³-hybridized carbons (Fsp3) is 0.650. The number of aliphatic hydroxyl groups excluding tert-OH is 1. The second-order valence-corrected chi connectivity index (χ2v) is 8.32. The smallest absolute Gasteiger partial charge is 0.377 e. The quantitative estimate of drug-likeness (QED) is 0.436. The van der Waals surface area contributed by atoms with Gasteiger partial charge in [0, 0.05) is 18.7 Å². The molecule has 5 nitrogen and oxygen atoms in total. The second kappa shape index (κ2) is 9.74. The van der Waals surface area contributed by atoms with Gasteiger partial charge in [0.25, 0.3) is 5.91 Å². The number of nitrogens with one attached hydrogen (secondary N) is 2. The van der Waals surface area contributed by atoms with Crippen molar-refractivity contribution in [1.82, 2.24) is 15.5 Å². The number of likely N-dealkylation sites (tertiary alicyclic amines) is 1. The van der Waals surface area contributed by atoms with Gasteiger partial charge in [-0.05, 0) is 63.9 Å². The van der Waals surface area contributed by atoms with Crippen molar-refractivity contribution < 1.29 is 36.2 Å². The first kappa shape index (κ1) is 25.4. The average Bonchev–Trinajstić information content (AvgIpc) is 2.65. The summed E-state index contributed by atoms with van der Waals surface area (Å²) in [6, 6.07) is 4.18. The molecule has 31 heavy (non-hydrogen) atoms. The lowest BCUT2D eigenvalue weighted by Crippen LogP contribution is -2.58. The van der Waals surface area contributed by atoms with Crippen LogP contribution >= 0.6 is 0 Å². The summed E-state index contributed by atoms with van der Waals surface area (Å²) < 4.78 is 77.0. The highest BCUT2D eigenvalue weighted by molar-refractivity contribution is 5.94. The average molecular weight is 455 g/mol. The molecule has 1 amide bonds. The lowest BCUT2D eigenvalue weighted by Gasteiger charge is -2.36. The van der Waals surface area contributed by atoms with Gasteiger partial charge < -0.3 is 10.4 Å². The predicted molar refractivity (Wildman–Crippen MR) is 102 cm³/mol. The van der Waals surface area contributed by atoms with Crippen LogP contribution in [-0.4, -0.2) is 60.0 Å². The standard InChI is InChI=1S/C20H27F6N3O2/c1-18(2,20(24,25)26)28-16(30)12-29-8-6-13(7-9-29)11-27-17(31)14-4-3-5-15(10-14)19(21,22)23/h3-5,10,13,16,28,30H,6-9,11-12H2,1-2H3,(H,27,31). The van der Waals surface area contributed by atoms with Crippen molar-refractivity contribution in [2.75, 3.05) is 26.2 Å². The number of alkyl halides is 6. The van der Waals surface area contributed by atoms with Crippen LogP contribution < -0.4 is 10.6 Å². The molecule has 11 heteroatoms. The van der Waals surface area contributed by atoms with Gasteiger partial charge in [0.1, 0.15) is 11.8 Å². The molecule has 1 aromatic carbocycles. The molecule has 0 aliphatic carbocycles. The SMILES string of the molecule is CC(C)(NC(O)CN1CCC(CNC(=O)c2cccc(C(F)(F)F)c2)CC1)C(F)(F)F. The number of amides is 1. The van der Waals surface area contributed by atoms with E-state index in [2.05, 4.69) is 10.6 Å². The molecular formula is C20H27F6N3O2. The minimum Gasteiger partial charge on any atom is -0.377 e. The summed E-state index contributed by atoms with van der Waals surface area (Å²) in [5.41, 5.74) is -3.19. The van der Waals surface area contributed by atoms with Crippen LogP contribution in [0.5, 0.6) is 0 Å². The minimum atomic E-state index is -4.53. The maximum atomic E-state index is 12.9. The van der Waals surface area contributed by atoms with Gasteiger partial charge in [-0.15, -0.1) is 0 Å². The van der Waals surface area contributed by atoms with Crippen LogP contribution in [0.3, 0.4) is 0 Å². The first-order valence-electron chi connectivity index (χ1n) is 9.89. The van der Waals surface area contributed by atoms with Crippen LogP contribution in [0.2, 0.25) is 0 Å². The summed E-state index contributed by atoms with van der Waals surface area (Å²) in [7, 11) is 0. The molecule has 2 rings (SSSR count). The Labute approximate surface area is 176 Å². The van der Waals surface area contributed by atoms with E-state index in [4.69, 9.17) is 0 Å². The molecule has 1 aliphatic heterocycles. The van der Waals surface area contributed by atoms with Crippen LogP contribution in [0.1, 0.15) is 42.6 Å². The molecule has 1 fully saturated rings. The number of carbonyl (C=O) groups excluding carboxylic acids is 1. The number of carbonyl (C=O) groups is 1. The highest BCUT2D eigenvalue weighted by Crippen LogP contribution is 2.30. The van der Waals surface area contributed by atoms with Gasteiger partial charge in [-0.1, -0.05) is 6.07 Å². The van der Waals surface area contributed by atoms with Gasteiger partial charge in [-0.3, -0.25) is 15.0 Å². The molecule has 1 aromatic rings. The van der Waals surface area contributed by atoms with E-state index in [0.717, 1.165) is 26.0 Å². The summed E-state index contributed by atoms with van der Waals surface area (Å²) in [5.74, 6) is -0.509. The molecule has 0 saturated carbocycles. The van der Waals surface area contributed by atoms with Crippen molar-refractivity contribution in [2.45, 2.75) is 50.8 Å². The van der Waals surface area contributed by atoms with Crippen molar-refractivity contribution in [3.8, 4) is 0 Å².